The number of rotatable bonds is 6. The first kappa shape index (κ1) is 21.9. The van der Waals surface area contributed by atoms with Crippen LogP contribution in [0.5, 0.6) is 0 Å². The average Bonchev–Trinajstić information content (AvgIpc) is 2.82. The number of carbonyl (C=O) groups is 4. The van der Waals surface area contributed by atoms with E-state index in [1.807, 2.05) is 0 Å². The fourth-order valence-corrected chi connectivity index (χ4v) is 7.62. The quantitative estimate of drug-likeness (QED) is 0.277. The molecule has 2 unspecified atom stereocenters. The molecule has 1 heterocycles. The fraction of sp³-hybridized carbons (Fsp3) is 0.304. The summed E-state index contributed by atoms with van der Waals surface area (Å²) in [5.74, 6) is -2.29. The molecular weight excluding hydrogens is 451 g/mol. The number of hydrogen-bond acceptors (Lipinski definition) is 6. The molecule has 156 valence electrons. The van der Waals surface area contributed by atoms with Crippen molar-refractivity contribution in [2.45, 2.75) is 27.9 Å². The van der Waals surface area contributed by atoms with Crippen molar-refractivity contribution in [2.24, 2.45) is 0 Å². The van der Waals surface area contributed by atoms with Crippen LogP contribution in [-0.4, -0.2) is 52.7 Å². The van der Waals surface area contributed by atoms with Crippen LogP contribution in [-0.2, 0) is 19.1 Å². The molecule has 3 rings (SSSR count). The van der Waals surface area contributed by atoms with Crippen LogP contribution in [0, 0.1) is 0 Å². The molecule has 7 heteroatoms. The Morgan fingerprint density at radius 3 is 1.40 bits per heavy atom. The topological polar surface area (TPSA) is 86.7 Å². The van der Waals surface area contributed by atoms with Crippen molar-refractivity contribution in [3.8, 4) is 0 Å². The van der Waals surface area contributed by atoms with Crippen molar-refractivity contribution in [3.05, 3.63) is 71.8 Å². The Bertz CT molecular complexity index is 881. The maximum atomic E-state index is 13.5. The number of esters is 2. The van der Waals surface area contributed by atoms with Gasteiger partial charge in [0.1, 0.15) is 0 Å². The molecule has 30 heavy (non-hydrogen) atoms. The van der Waals surface area contributed by atoms with E-state index in [9.17, 15) is 19.2 Å². The van der Waals surface area contributed by atoms with Gasteiger partial charge in [0.15, 0.2) is 0 Å². The number of Topliss-reactive ketones (excluding diaryl/α,β-unsaturated/α-hetero) is 2. The Morgan fingerprint density at radius 2 is 1.07 bits per heavy atom. The second-order valence-electron chi connectivity index (χ2n) is 6.98. The van der Waals surface area contributed by atoms with E-state index in [0.29, 0.717) is 17.5 Å². The molecule has 0 radical (unpaired) electrons. The third-order valence-corrected chi connectivity index (χ3v) is 9.04. The minimum absolute atomic E-state index is 0.216. The van der Waals surface area contributed by atoms with Gasteiger partial charge in [0.25, 0.3) is 0 Å². The molecule has 1 aliphatic heterocycles. The van der Waals surface area contributed by atoms with Gasteiger partial charge in [0.2, 0.25) is 0 Å². The van der Waals surface area contributed by atoms with Crippen molar-refractivity contribution in [1.29, 1.82) is 0 Å². The second-order valence-corrected chi connectivity index (χ2v) is 10.3. The third-order valence-electron chi connectivity index (χ3n) is 5.24. The zero-order valence-corrected chi connectivity index (χ0v) is 18.5. The first-order valence-electron chi connectivity index (χ1n) is 9.48. The molecule has 0 spiro atoms. The van der Waals surface area contributed by atoms with E-state index < -0.39 is 47.1 Å². The normalized spacial score (nSPS) is 23.3. The monoisotopic (exact) mass is 474 g/mol. The first-order valence-corrected chi connectivity index (χ1v) is 11.2. The summed E-state index contributed by atoms with van der Waals surface area (Å²) < 4.78 is 6.87. The molecule has 2 atom stereocenters. The Kier molecular flexibility index (Phi) is 6.54. The molecule has 6 nitrogen and oxygen atoms in total. The molecule has 0 N–H and O–H groups in total. The van der Waals surface area contributed by atoms with Crippen LogP contribution in [0.1, 0.15) is 40.0 Å². The molecule has 0 aromatic heterocycles. The van der Waals surface area contributed by atoms with Crippen LogP contribution in [0.4, 0.5) is 0 Å². The molecule has 1 fully saturated rings. The van der Waals surface area contributed by atoms with E-state index in [4.69, 9.17) is 9.47 Å². The van der Waals surface area contributed by atoms with Gasteiger partial charge >= 0.3 is 181 Å². The predicted molar refractivity (Wildman–Crippen MR) is 111 cm³/mol. The molecule has 1 aliphatic rings. The van der Waals surface area contributed by atoms with Gasteiger partial charge in [-0.15, -0.1) is 0 Å². The van der Waals surface area contributed by atoms with E-state index in [1.54, 1.807) is 60.7 Å². The molecule has 0 amide bonds. The number of ether oxygens (including phenoxy) is 2. The predicted octanol–water partition coefficient (Wildman–Crippen LogP) is 3.30. The Morgan fingerprint density at radius 1 is 0.700 bits per heavy atom. The third kappa shape index (κ3) is 3.71. The molecule has 0 saturated carbocycles. The van der Waals surface area contributed by atoms with Crippen molar-refractivity contribution >= 4 is 38.5 Å². The standard InChI is InChI=1S/C23H22O6Se/c1-28-20(26)22(18(24)16-10-5-3-6-11-16)14-9-15-23(30-22,21(27)29-2)19(25)17-12-7-4-8-13-17/h3-8,10-13H,9,14-15H2,1-2H3. The SMILES string of the molecule is COC(=O)C1(C(=O)c2ccccc2)CCCC(C(=O)OC)(C(=O)c2ccccc2)[Se]1. The summed E-state index contributed by atoms with van der Waals surface area (Å²) in [4.78, 5) is 53.0. The number of hydrogen-bond donors (Lipinski definition) is 0. The van der Waals surface area contributed by atoms with Gasteiger partial charge in [-0.05, 0) is 0 Å². The van der Waals surface area contributed by atoms with Gasteiger partial charge < -0.3 is 0 Å². The van der Waals surface area contributed by atoms with Crippen molar-refractivity contribution in [3.63, 3.8) is 0 Å². The van der Waals surface area contributed by atoms with E-state index in [2.05, 4.69) is 0 Å². The van der Waals surface area contributed by atoms with Crippen molar-refractivity contribution < 1.29 is 28.7 Å². The van der Waals surface area contributed by atoms with Gasteiger partial charge in [-0.1, -0.05) is 0 Å². The molecule has 2 aromatic rings. The summed E-state index contributed by atoms with van der Waals surface area (Å²) in [6.45, 7) is 0. The summed E-state index contributed by atoms with van der Waals surface area (Å²) in [7, 11) is 2.43. The van der Waals surface area contributed by atoms with Gasteiger partial charge in [-0.25, -0.2) is 0 Å². The van der Waals surface area contributed by atoms with E-state index in [-0.39, 0.29) is 12.8 Å². The van der Waals surface area contributed by atoms with Crippen LogP contribution in [0.3, 0.4) is 0 Å². The number of methoxy groups -OCH3 is 2. The number of benzene rings is 2. The Hall–Kier alpha value is -2.76. The van der Waals surface area contributed by atoms with Crippen LogP contribution in [0.25, 0.3) is 0 Å². The summed E-state index contributed by atoms with van der Waals surface area (Å²) in [5.41, 5.74) is 0.690. The fourth-order valence-electron chi connectivity index (χ4n) is 3.75. The summed E-state index contributed by atoms with van der Waals surface area (Å²) in [6, 6.07) is 16.8. The van der Waals surface area contributed by atoms with Gasteiger partial charge in [0, 0.05) is 0 Å². The maximum absolute atomic E-state index is 13.5. The summed E-state index contributed by atoms with van der Waals surface area (Å²) >= 11 is -1.07. The Balaban J connectivity index is 2.14. The first-order chi connectivity index (χ1) is 14.4. The molecule has 2 aromatic carbocycles. The molecule has 0 aliphatic carbocycles. The van der Waals surface area contributed by atoms with E-state index in [1.165, 1.54) is 14.2 Å². The molecule has 0 bridgehead atoms. The summed E-state index contributed by atoms with van der Waals surface area (Å²) in [6.07, 6.45) is 0.769. The van der Waals surface area contributed by atoms with Crippen LogP contribution in [0.15, 0.2) is 60.7 Å². The minimum atomic E-state index is -1.58. The Labute approximate surface area is 181 Å². The van der Waals surface area contributed by atoms with Crippen LogP contribution < -0.4 is 0 Å². The van der Waals surface area contributed by atoms with E-state index in [0.717, 1.165) is 0 Å². The molecule has 1 saturated heterocycles. The zero-order chi connectivity index (χ0) is 21.8. The zero-order valence-electron chi connectivity index (χ0n) is 16.8. The van der Waals surface area contributed by atoms with Crippen molar-refractivity contribution in [2.75, 3.05) is 14.2 Å². The van der Waals surface area contributed by atoms with Crippen LogP contribution >= 0.6 is 0 Å². The number of carbonyl (C=O) groups excluding carboxylic acids is 4. The van der Waals surface area contributed by atoms with Gasteiger partial charge in [0.05, 0.1) is 0 Å². The van der Waals surface area contributed by atoms with Gasteiger partial charge in [-0.2, -0.15) is 0 Å². The second kappa shape index (κ2) is 8.94. The molecular formula is C23H22O6Se. The summed E-state index contributed by atoms with van der Waals surface area (Å²) in [5, 5.41) is 0. The van der Waals surface area contributed by atoms with Crippen LogP contribution in [0.2, 0.25) is 8.63 Å². The number of ketones is 2. The van der Waals surface area contributed by atoms with E-state index >= 15 is 0 Å². The van der Waals surface area contributed by atoms with Gasteiger partial charge in [-0.3, -0.25) is 0 Å². The van der Waals surface area contributed by atoms with Crippen molar-refractivity contribution in [1.82, 2.24) is 0 Å². The average molecular weight is 473 g/mol.